The van der Waals surface area contributed by atoms with Crippen LogP contribution in [0.15, 0.2) is 48.5 Å². The Balaban J connectivity index is 2.04. The number of rotatable bonds is 6. The smallest absolute Gasteiger partial charge is 0.255 e. The van der Waals surface area contributed by atoms with Gasteiger partial charge in [-0.05, 0) is 30.2 Å². The number of para-hydroxylation sites is 1. The first-order valence-corrected chi connectivity index (χ1v) is 8.00. The molecule has 3 nitrogen and oxygen atoms in total. The van der Waals surface area contributed by atoms with E-state index >= 15 is 0 Å². The maximum atomic E-state index is 12.3. The molecule has 0 aliphatic rings. The molecule has 0 aliphatic heterocycles. The molecular formula is C17H18BrNO2. The Hall–Kier alpha value is -1.81. The molecule has 4 heteroatoms. The van der Waals surface area contributed by atoms with Crippen LogP contribution in [0.4, 0.5) is 0 Å². The van der Waals surface area contributed by atoms with Gasteiger partial charge in [0.25, 0.3) is 5.91 Å². The lowest BCUT2D eigenvalue weighted by Gasteiger charge is -2.10. The molecule has 0 heterocycles. The van der Waals surface area contributed by atoms with E-state index in [0.29, 0.717) is 24.5 Å². The zero-order valence-electron chi connectivity index (χ0n) is 11.9. The van der Waals surface area contributed by atoms with Crippen molar-refractivity contribution in [2.45, 2.75) is 18.8 Å². The van der Waals surface area contributed by atoms with Gasteiger partial charge in [-0.2, -0.15) is 0 Å². The number of hydrogen-bond donors (Lipinski definition) is 1. The van der Waals surface area contributed by atoms with Gasteiger partial charge in [-0.15, -0.1) is 0 Å². The van der Waals surface area contributed by atoms with E-state index in [2.05, 4.69) is 27.3 Å². The maximum Gasteiger partial charge on any atom is 0.255 e. The van der Waals surface area contributed by atoms with E-state index in [1.54, 1.807) is 6.07 Å². The molecule has 21 heavy (non-hydrogen) atoms. The van der Waals surface area contributed by atoms with E-state index in [1.807, 2.05) is 43.3 Å². The monoisotopic (exact) mass is 347 g/mol. The summed E-state index contributed by atoms with van der Waals surface area (Å²) in [6, 6.07) is 15.4. The summed E-state index contributed by atoms with van der Waals surface area (Å²) in [6.45, 7) is 2.94. The predicted molar refractivity (Wildman–Crippen MR) is 87.9 cm³/mol. The van der Waals surface area contributed by atoms with Gasteiger partial charge < -0.3 is 10.1 Å². The zero-order valence-corrected chi connectivity index (χ0v) is 13.5. The SMILES string of the molecule is CCOc1ccccc1C(=O)NCc1cccc(CBr)c1. The Morgan fingerprint density at radius 2 is 1.90 bits per heavy atom. The van der Waals surface area contributed by atoms with E-state index < -0.39 is 0 Å². The summed E-state index contributed by atoms with van der Waals surface area (Å²) in [5.41, 5.74) is 2.83. The second-order valence-electron chi connectivity index (χ2n) is 4.57. The Morgan fingerprint density at radius 1 is 1.14 bits per heavy atom. The molecule has 0 saturated carbocycles. The van der Waals surface area contributed by atoms with E-state index in [-0.39, 0.29) is 5.91 Å². The number of benzene rings is 2. The third kappa shape index (κ3) is 4.33. The van der Waals surface area contributed by atoms with E-state index in [1.165, 1.54) is 5.56 Å². The van der Waals surface area contributed by atoms with Crippen molar-refractivity contribution in [3.63, 3.8) is 0 Å². The minimum absolute atomic E-state index is 0.122. The highest BCUT2D eigenvalue weighted by molar-refractivity contribution is 9.08. The van der Waals surface area contributed by atoms with Crippen molar-refractivity contribution in [2.75, 3.05) is 6.61 Å². The van der Waals surface area contributed by atoms with Crippen molar-refractivity contribution in [1.29, 1.82) is 0 Å². The van der Waals surface area contributed by atoms with E-state index in [0.717, 1.165) is 10.9 Å². The minimum Gasteiger partial charge on any atom is -0.493 e. The molecule has 0 fully saturated rings. The number of nitrogens with one attached hydrogen (secondary N) is 1. The van der Waals surface area contributed by atoms with Crippen LogP contribution in [0, 0.1) is 0 Å². The third-order valence-corrected chi connectivity index (χ3v) is 3.68. The van der Waals surface area contributed by atoms with Crippen molar-refractivity contribution in [3.8, 4) is 5.75 Å². The molecule has 0 radical (unpaired) electrons. The fraction of sp³-hybridized carbons (Fsp3) is 0.235. The quantitative estimate of drug-likeness (QED) is 0.804. The molecule has 0 bridgehead atoms. The maximum absolute atomic E-state index is 12.3. The molecular weight excluding hydrogens is 330 g/mol. The van der Waals surface area contributed by atoms with Crippen molar-refractivity contribution < 1.29 is 9.53 Å². The number of carbonyl (C=O) groups is 1. The molecule has 0 aliphatic carbocycles. The van der Waals surface area contributed by atoms with E-state index in [4.69, 9.17) is 4.74 Å². The topological polar surface area (TPSA) is 38.3 Å². The van der Waals surface area contributed by atoms with Gasteiger partial charge in [0.1, 0.15) is 5.75 Å². The van der Waals surface area contributed by atoms with Crippen LogP contribution >= 0.6 is 15.9 Å². The molecule has 0 spiro atoms. The lowest BCUT2D eigenvalue weighted by Crippen LogP contribution is -2.23. The molecule has 0 saturated heterocycles. The molecule has 2 aromatic carbocycles. The Morgan fingerprint density at radius 3 is 2.67 bits per heavy atom. The molecule has 2 rings (SSSR count). The highest BCUT2D eigenvalue weighted by Crippen LogP contribution is 2.18. The molecule has 2 aromatic rings. The van der Waals surface area contributed by atoms with Gasteiger partial charge in [-0.1, -0.05) is 52.3 Å². The fourth-order valence-corrected chi connectivity index (χ4v) is 2.38. The second kappa shape index (κ2) is 7.84. The molecule has 110 valence electrons. The summed E-state index contributed by atoms with van der Waals surface area (Å²) in [4.78, 5) is 12.3. The average Bonchev–Trinajstić information content (AvgIpc) is 2.53. The standard InChI is InChI=1S/C17H18BrNO2/c1-2-21-16-9-4-3-8-15(16)17(20)19-12-14-7-5-6-13(10-14)11-18/h3-10H,2,11-12H2,1H3,(H,19,20). The Labute approximate surface area is 133 Å². The van der Waals surface area contributed by atoms with Crippen LogP contribution in [0.25, 0.3) is 0 Å². The summed E-state index contributed by atoms with van der Waals surface area (Å²) in [5, 5.41) is 3.74. The number of ether oxygens (including phenoxy) is 1. The first kappa shape index (κ1) is 15.6. The highest BCUT2D eigenvalue weighted by Gasteiger charge is 2.11. The molecule has 0 unspecified atom stereocenters. The van der Waals surface area contributed by atoms with Gasteiger partial charge in [0.15, 0.2) is 0 Å². The van der Waals surface area contributed by atoms with E-state index in [9.17, 15) is 4.79 Å². The lowest BCUT2D eigenvalue weighted by molar-refractivity contribution is 0.0947. The van der Waals surface area contributed by atoms with Crippen LogP contribution < -0.4 is 10.1 Å². The summed E-state index contributed by atoms with van der Waals surface area (Å²) < 4.78 is 5.48. The Bertz CT molecular complexity index is 613. The predicted octanol–water partition coefficient (Wildman–Crippen LogP) is 3.91. The molecule has 1 amide bonds. The van der Waals surface area contributed by atoms with Crippen LogP contribution in [0.2, 0.25) is 0 Å². The Kier molecular flexibility index (Phi) is 5.81. The van der Waals surface area contributed by atoms with Gasteiger partial charge >= 0.3 is 0 Å². The van der Waals surface area contributed by atoms with Gasteiger partial charge in [-0.3, -0.25) is 4.79 Å². The largest absolute Gasteiger partial charge is 0.493 e. The zero-order chi connectivity index (χ0) is 15.1. The van der Waals surface area contributed by atoms with Crippen LogP contribution in [0.5, 0.6) is 5.75 Å². The van der Waals surface area contributed by atoms with Crippen LogP contribution in [-0.4, -0.2) is 12.5 Å². The van der Waals surface area contributed by atoms with Gasteiger partial charge in [-0.25, -0.2) is 0 Å². The summed E-state index contributed by atoms with van der Waals surface area (Å²) >= 11 is 3.43. The van der Waals surface area contributed by atoms with Crippen LogP contribution in [0.1, 0.15) is 28.4 Å². The highest BCUT2D eigenvalue weighted by atomic mass is 79.9. The molecule has 0 aromatic heterocycles. The van der Waals surface area contributed by atoms with Gasteiger partial charge in [0, 0.05) is 11.9 Å². The normalized spacial score (nSPS) is 10.2. The lowest BCUT2D eigenvalue weighted by atomic mass is 10.1. The first-order valence-electron chi connectivity index (χ1n) is 6.88. The summed E-state index contributed by atoms with van der Waals surface area (Å²) in [5.74, 6) is 0.495. The number of halogens is 1. The fourth-order valence-electron chi connectivity index (χ4n) is 2.04. The van der Waals surface area contributed by atoms with Crippen molar-refractivity contribution in [1.82, 2.24) is 5.32 Å². The van der Waals surface area contributed by atoms with Crippen molar-refractivity contribution >= 4 is 21.8 Å². The summed E-state index contributed by atoms with van der Waals surface area (Å²) in [6.07, 6.45) is 0. The second-order valence-corrected chi connectivity index (χ2v) is 5.13. The van der Waals surface area contributed by atoms with Gasteiger partial charge in [0.05, 0.1) is 12.2 Å². The number of amides is 1. The first-order chi connectivity index (χ1) is 10.2. The van der Waals surface area contributed by atoms with Gasteiger partial charge in [0.2, 0.25) is 0 Å². The average molecular weight is 348 g/mol. The van der Waals surface area contributed by atoms with Crippen LogP contribution in [0.3, 0.4) is 0 Å². The third-order valence-electron chi connectivity index (χ3n) is 3.03. The number of hydrogen-bond acceptors (Lipinski definition) is 2. The van der Waals surface area contributed by atoms with Crippen molar-refractivity contribution in [3.05, 3.63) is 65.2 Å². The summed E-state index contributed by atoms with van der Waals surface area (Å²) in [7, 11) is 0. The van der Waals surface area contributed by atoms with Crippen LogP contribution in [-0.2, 0) is 11.9 Å². The molecule has 1 N–H and O–H groups in total. The molecule has 0 atom stereocenters. The number of carbonyl (C=O) groups excluding carboxylic acids is 1. The number of alkyl halides is 1. The van der Waals surface area contributed by atoms with Crippen molar-refractivity contribution in [2.24, 2.45) is 0 Å². The minimum atomic E-state index is -0.122.